The van der Waals surface area contributed by atoms with E-state index in [1.807, 2.05) is 30.3 Å². The number of methoxy groups -OCH3 is 2. The SMILES string of the molecule is COc1cc2nc(CSc3nnnn3-c3ccccc3)[nH]c(=O)c2cc1OC. The summed E-state index contributed by atoms with van der Waals surface area (Å²) in [6, 6.07) is 12.9. The van der Waals surface area contributed by atoms with E-state index in [-0.39, 0.29) is 5.56 Å². The zero-order valence-electron chi connectivity index (χ0n) is 15.1. The predicted octanol–water partition coefficient (Wildman–Crippen LogP) is 2.21. The number of hydrogen-bond acceptors (Lipinski definition) is 8. The lowest BCUT2D eigenvalue weighted by Gasteiger charge is -2.09. The van der Waals surface area contributed by atoms with Gasteiger partial charge in [-0.2, -0.15) is 4.68 Å². The van der Waals surface area contributed by atoms with Crippen molar-refractivity contribution >= 4 is 22.7 Å². The molecule has 9 nitrogen and oxygen atoms in total. The fraction of sp³-hybridized carbons (Fsp3) is 0.167. The number of nitrogens with one attached hydrogen (secondary N) is 1. The van der Waals surface area contributed by atoms with Crippen molar-refractivity contribution in [3.05, 3.63) is 58.6 Å². The Balaban J connectivity index is 1.63. The molecule has 0 saturated carbocycles. The Morgan fingerprint density at radius 1 is 1.11 bits per heavy atom. The first-order valence-corrected chi connectivity index (χ1v) is 9.29. The van der Waals surface area contributed by atoms with Gasteiger partial charge >= 0.3 is 0 Å². The highest BCUT2D eigenvalue weighted by Crippen LogP contribution is 2.30. The minimum atomic E-state index is -0.246. The molecule has 28 heavy (non-hydrogen) atoms. The molecule has 142 valence electrons. The van der Waals surface area contributed by atoms with E-state index in [0.29, 0.717) is 39.1 Å². The molecule has 0 amide bonds. The van der Waals surface area contributed by atoms with Crippen molar-refractivity contribution in [3.63, 3.8) is 0 Å². The molecule has 2 aromatic carbocycles. The first-order valence-electron chi connectivity index (χ1n) is 8.31. The van der Waals surface area contributed by atoms with Gasteiger partial charge in [-0.3, -0.25) is 4.79 Å². The third-order valence-electron chi connectivity index (χ3n) is 4.04. The maximum atomic E-state index is 12.5. The lowest BCUT2D eigenvalue weighted by atomic mass is 10.2. The second-order valence-electron chi connectivity index (χ2n) is 5.73. The number of thioether (sulfide) groups is 1. The van der Waals surface area contributed by atoms with Gasteiger partial charge in [0.1, 0.15) is 5.82 Å². The quantitative estimate of drug-likeness (QED) is 0.494. The Kier molecular flexibility index (Phi) is 4.94. The Labute approximate surface area is 163 Å². The number of tetrazole rings is 1. The third kappa shape index (κ3) is 3.41. The standard InChI is InChI=1S/C18H16N6O3S/c1-26-14-8-12-13(9-15(14)27-2)19-16(20-17(12)25)10-28-18-21-22-23-24(18)11-6-4-3-5-7-11/h3-9H,10H2,1-2H3,(H,19,20,25). The topological polar surface area (TPSA) is 108 Å². The van der Waals surface area contributed by atoms with Crippen LogP contribution in [0.15, 0.2) is 52.4 Å². The molecule has 0 fully saturated rings. The van der Waals surface area contributed by atoms with Gasteiger partial charge in [-0.05, 0) is 28.6 Å². The Hall–Kier alpha value is -3.40. The first-order chi connectivity index (χ1) is 13.7. The third-order valence-corrected chi connectivity index (χ3v) is 4.97. The zero-order valence-corrected chi connectivity index (χ0v) is 15.9. The molecule has 0 saturated heterocycles. The highest BCUT2D eigenvalue weighted by Gasteiger charge is 2.13. The van der Waals surface area contributed by atoms with Gasteiger partial charge in [0.15, 0.2) is 11.5 Å². The second kappa shape index (κ2) is 7.69. The molecular weight excluding hydrogens is 380 g/mol. The molecule has 0 aliphatic heterocycles. The van der Waals surface area contributed by atoms with Gasteiger partial charge < -0.3 is 14.5 Å². The molecular formula is C18H16N6O3S. The number of ether oxygens (including phenoxy) is 2. The number of para-hydroxylation sites is 1. The fourth-order valence-corrected chi connectivity index (χ4v) is 3.48. The minimum Gasteiger partial charge on any atom is -0.493 e. The van der Waals surface area contributed by atoms with Crippen LogP contribution in [-0.2, 0) is 5.75 Å². The molecule has 4 rings (SSSR count). The fourth-order valence-electron chi connectivity index (χ4n) is 2.72. The van der Waals surface area contributed by atoms with Crippen LogP contribution in [0.5, 0.6) is 11.5 Å². The van der Waals surface area contributed by atoms with E-state index in [1.165, 1.54) is 26.0 Å². The summed E-state index contributed by atoms with van der Waals surface area (Å²) in [5, 5.41) is 12.8. The highest BCUT2D eigenvalue weighted by molar-refractivity contribution is 7.98. The van der Waals surface area contributed by atoms with Crippen LogP contribution in [0.1, 0.15) is 5.82 Å². The Morgan fingerprint density at radius 2 is 1.86 bits per heavy atom. The van der Waals surface area contributed by atoms with Crippen molar-refractivity contribution in [3.8, 4) is 17.2 Å². The van der Waals surface area contributed by atoms with Crippen LogP contribution in [0.25, 0.3) is 16.6 Å². The van der Waals surface area contributed by atoms with E-state index in [2.05, 4.69) is 25.5 Å². The van der Waals surface area contributed by atoms with Crippen LogP contribution < -0.4 is 15.0 Å². The van der Waals surface area contributed by atoms with Crippen molar-refractivity contribution in [2.75, 3.05) is 14.2 Å². The molecule has 0 spiro atoms. The average Bonchev–Trinajstić information content (AvgIpc) is 3.20. The molecule has 0 aliphatic rings. The van der Waals surface area contributed by atoms with E-state index >= 15 is 0 Å². The molecule has 10 heteroatoms. The number of benzene rings is 2. The zero-order chi connectivity index (χ0) is 19.5. The van der Waals surface area contributed by atoms with Crippen molar-refractivity contribution in [1.82, 2.24) is 30.2 Å². The summed E-state index contributed by atoms with van der Waals surface area (Å²) in [5.74, 6) is 1.90. The number of fused-ring (bicyclic) bond motifs is 1. The predicted molar refractivity (Wildman–Crippen MR) is 104 cm³/mol. The molecule has 0 unspecified atom stereocenters. The van der Waals surface area contributed by atoms with Crippen molar-refractivity contribution < 1.29 is 9.47 Å². The van der Waals surface area contributed by atoms with Gasteiger partial charge in [0.05, 0.1) is 36.6 Å². The summed E-state index contributed by atoms with van der Waals surface area (Å²) in [4.78, 5) is 19.8. The number of rotatable bonds is 6. The maximum absolute atomic E-state index is 12.5. The number of H-pyrrole nitrogens is 1. The van der Waals surface area contributed by atoms with E-state index in [0.717, 1.165) is 5.69 Å². The van der Waals surface area contributed by atoms with Gasteiger partial charge in [0.2, 0.25) is 5.16 Å². The summed E-state index contributed by atoms with van der Waals surface area (Å²) in [6.45, 7) is 0. The first kappa shape index (κ1) is 18.0. The van der Waals surface area contributed by atoms with Crippen LogP contribution >= 0.6 is 11.8 Å². The van der Waals surface area contributed by atoms with E-state index in [9.17, 15) is 4.79 Å². The maximum Gasteiger partial charge on any atom is 0.258 e. The van der Waals surface area contributed by atoms with E-state index in [1.54, 1.807) is 16.8 Å². The van der Waals surface area contributed by atoms with Crippen molar-refractivity contribution in [2.45, 2.75) is 10.9 Å². The van der Waals surface area contributed by atoms with Crippen LogP contribution in [0.4, 0.5) is 0 Å². The van der Waals surface area contributed by atoms with Crippen molar-refractivity contribution in [2.24, 2.45) is 0 Å². The number of nitrogens with zero attached hydrogens (tertiary/aromatic N) is 5. The normalized spacial score (nSPS) is 10.9. The molecule has 0 bridgehead atoms. The summed E-state index contributed by atoms with van der Waals surface area (Å²) >= 11 is 1.37. The monoisotopic (exact) mass is 396 g/mol. The summed E-state index contributed by atoms with van der Waals surface area (Å²) in [6.07, 6.45) is 0. The number of aromatic amines is 1. The van der Waals surface area contributed by atoms with E-state index in [4.69, 9.17) is 9.47 Å². The molecule has 1 N–H and O–H groups in total. The Morgan fingerprint density at radius 3 is 2.61 bits per heavy atom. The number of aromatic nitrogens is 6. The van der Waals surface area contributed by atoms with Crippen LogP contribution in [0.3, 0.4) is 0 Å². The lowest BCUT2D eigenvalue weighted by Crippen LogP contribution is -2.12. The molecule has 0 radical (unpaired) electrons. The van der Waals surface area contributed by atoms with Gasteiger partial charge in [-0.25, -0.2) is 4.98 Å². The number of hydrogen-bond donors (Lipinski definition) is 1. The molecule has 2 aromatic heterocycles. The average molecular weight is 396 g/mol. The van der Waals surface area contributed by atoms with Crippen LogP contribution in [-0.4, -0.2) is 44.4 Å². The summed E-state index contributed by atoms with van der Waals surface area (Å²) < 4.78 is 12.2. The van der Waals surface area contributed by atoms with Gasteiger partial charge in [-0.1, -0.05) is 30.0 Å². The smallest absolute Gasteiger partial charge is 0.258 e. The van der Waals surface area contributed by atoms with Gasteiger partial charge in [0.25, 0.3) is 5.56 Å². The molecule has 2 heterocycles. The molecule has 0 aliphatic carbocycles. The van der Waals surface area contributed by atoms with Gasteiger partial charge in [0, 0.05) is 6.07 Å². The summed E-state index contributed by atoms with van der Waals surface area (Å²) in [7, 11) is 3.06. The second-order valence-corrected chi connectivity index (χ2v) is 6.68. The van der Waals surface area contributed by atoms with E-state index < -0.39 is 0 Å². The molecule has 4 aromatic rings. The molecule has 0 atom stereocenters. The van der Waals surface area contributed by atoms with Gasteiger partial charge in [-0.15, -0.1) is 5.10 Å². The lowest BCUT2D eigenvalue weighted by molar-refractivity contribution is 0.355. The Bertz CT molecular complexity index is 1180. The highest BCUT2D eigenvalue weighted by atomic mass is 32.2. The minimum absolute atomic E-state index is 0.246. The van der Waals surface area contributed by atoms with Crippen LogP contribution in [0, 0.1) is 0 Å². The largest absolute Gasteiger partial charge is 0.493 e. The summed E-state index contributed by atoms with van der Waals surface area (Å²) in [5.41, 5.74) is 1.13. The van der Waals surface area contributed by atoms with Crippen molar-refractivity contribution in [1.29, 1.82) is 0 Å². The van der Waals surface area contributed by atoms with Crippen LogP contribution in [0.2, 0.25) is 0 Å².